The van der Waals surface area contributed by atoms with Gasteiger partial charge in [0.15, 0.2) is 5.03 Å². The first-order chi connectivity index (χ1) is 9.66. The molecule has 5 nitrogen and oxygen atoms in total. The summed E-state index contributed by atoms with van der Waals surface area (Å²) in [5, 5.41) is 3.24. The molecule has 1 fully saturated rings. The van der Waals surface area contributed by atoms with Crippen LogP contribution < -0.4 is 5.32 Å². The van der Waals surface area contributed by atoms with E-state index in [1.54, 1.807) is 16.4 Å². The number of hydrogen-bond acceptors (Lipinski definition) is 4. The molecule has 1 aliphatic rings. The van der Waals surface area contributed by atoms with E-state index in [4.69, 9.17) is 0 Å². The Kier molecular flexibility index (Phi) is 5.37. The fraction of sp³-hybridized carbons (Fsp3) is 0.643. The van der Waals surface area contributed by atoms with Crippen molar-refractivity contribution in [2.24, 2.45) is 0 Å². The van der Waals surface area contributed by atoms with Crippen LogP contribution in [0.1, 0.15) is 39.0 Å². The molecule has 0 atom stereocenters. The van der Waals surface area contributed by atoms with E-state index >= 15 is 0 Å². The molecule has 1 aromatic heterocycles. The van der Waals surface area contributed by atoms with Gasteiger partial charge in [0.2, 0.25) is 0 Å². The van der Waals surface area contributed by atoms with Crippen molar-refractivity contribution in [1.29, 1.82) is 0 Å². The van der Waals surface area contributed by atoms with E-state index in [2.05, 4.69) is 10.3 Å². The van der Waals surface area contributed by atoms with Gasteiger partial charge in [-0.3, -0.25) is 0 Å². The van der Waals surface area contributed by atoms with Crippen LogP contribution in [0.3, 0.4) is 0 Å². The number of nitrogens with one attached hydrogen (secondary N) is 1. The molecule has 0 radical (unpaired) electrons. The Hall–Kier alpha value is -1.14. The lowest BCUT2D eigenvalue weighted by atomic mass is 10.1. The van der Waals surface area contributed by atoms with E-state index in [0.29, 0.717) is 25.3 Å². The molecule has 1 N–H and O–H groups in total. The minimum atomic E-state index is -3.49. The molecule has 1 aromatic rings. The molecule has 2 heterocycles. The predicted octanol–water partition coefficient (Wildman–Crippen LogP) is 2.47. The first-order valence-electron chi connectivity index (χ1n) is 7.35. The molecule has 0 amide bonds. The molecule has 0 spiro atoms. The minimum absolute atomic E-state index is 0.155. The third-order valence-electron chi connectivity index (χ3n) is 3.54. The molecular formula is C14H23N3O2S. The third-order valence-corrected chi connectivity index (χ3v) is 5.40. The fourth-order valence-corrected chi connectivity index (χ4v) is 4.10. The first kappa shape index (κ1) is 15.3. The highest BCUT2D eigenvalue weighted by Gasteiger charge is 2.28. The summed E-state index contributed by atoms with van der Waals surface area (Å²) < 4.78 is 27.1. The second kappa shape index (κ2) is 7.04. The van der Waals surface area contributed by atoms with Crippen LogP contribution >= 0.6 is 0 Å². The second-order valence-corrected chi connectivity index (χ2v) is 6.91. The maximum Gasteiger partial charge on any atom is 0.262 e. The Balaban J connectivity index is 2.28. The van der Waals surface area contributed by atoms with Crippen molar-refractivity contribution in [3.05, 3.63) is 18.3 Å². The number of aromatic nitrogens is 1. The fourth-order valence-electron chi connectivity index (χ4n) is 2.50. The van der Waals surface area contributed by atoms with Gasteiger partial charge in [-0.05, 0) is 31.9 Å². The van der Waals surface area contributed by atoms with Crippen molar-refractivity contribution in [3.63, 3.8) is 0 Å². The van der Waals surface area contributed by atoms with Gasteiger partial charge in [-0.1, -0.05) is 19.3 Å². The van der Waals surface area contributed by atoms with Gasteiger partial charge in [-0.15, -0.1) is 0 Å². The van der Waals surface area contributed by atoms with Crippen LogP contribution in [0, 0.1) is 0 Å². The van der Waals surface area contributed by atoms with Gasteiger partial charge >= 0.3 is 0 Å². The molecule has 1 aliphatic heterocycles. The van der Waals surface area contributed by atoms with Gasteiger partial charge in [-0.2, -0.15) is 4.31 Å². The van der Waals surface area contributed by atoms with Gasteiger partial charge in [0.05, 0.1) is 5.69 Å². The molecule has 0 unspecified atom stereocenters. The van der Waals surface area contributed by atoms with Crippen molar-refractivity contribution >= 4 is 15.7 Å². The molecule has 0 aromatic carbocycles. The summed E-state index contributed by atoms with van der Waals surface area (Å²) in [5.74, 6) is 0. The topological polar surface area (TPSA) is 62.3 Å². The Labute approximate surface area is 121 Å². The van der Waals surface area contributed by atoms with Crippen molar-refractivity contribution in [1.82, 2.24) is 9.29 Å². The molecule has 0 bridgehead atoms. The lowest BCUT2D eigenvalue weighted by Crippen LogP contribution is -2.34. The van der Waals surface area contributed by atoms with Crippen molar-refractivity contribution in [3.8, 4) is 0 Å². The molecule has 1 saturated heterocycles. The van der Waals surface area contributed by atoms with Gasteiger partial charge in [0.25, 0.3) is 10.0 Å². The van der Waals surface area contributed by atoms with Crippen LogP contribution in [-0.4, -0.2) is 37.3 Å². The molecule has 0 saturated carbocycles. The van der Waals surface area contributed by atoms with Crippen LogP contribution in [0.5, 0.6) is 0 Å². The number of rotatable bonds is 4. The largest absolute Gasteiger partial charge is 0.383 e. The Morgan fingerprint density at radius 1 is 1.20 bits per heavy atom. The molecule has 20 heavy (non-hydrogen) atoms. The molecular weight excluding hydrogens is 274 g/mol. The molecule has 0 aliphatic carbocycles. The highest BCUT2D eigenvalue weighted by atomic mass is 32.2. The SMILES string of the molecule is CCNc1cccnc1S(=O)(=O)N1CCCCCCC1. The predicted molar refractivity (Wildman–Crippen MR) is 80.2 cm³/mol. The Morgan fingerprint density at radius 2 is 1.85 bits per heavy atom. The maximum absolute atomic E-state index is 12.8. The highest BCUT2D eigenvalue weighted by molar-refractivity contribution is 7.89. The first-order valence-corrected chi connectivity index (χ1v) is 8.79. The van der Waals surface area contributed by atoms with Gasteiger partial charge < -0.3 is 5.32 Å². The second-order valence-electron chi connectivity index (χ2n) is 5.06. The lowest BCUT2D eigenvalue weighted by molar-refractivity contribution is 0.363. The van der Waals surface area contributed by atoms with Gasteiger partial charge in [0.1, 0.15) is 0 Å². The van der Waals surface area contributed by atoms with E-state index in [-0.39, 0.29) is 5.03 Å². The van der Waals surface area contributed by atoms with Crippen molar-refractivity contribution in [2.45, 2.75) is 44.1 Å². The van der Waals surface area contributed by atoms with E-state index in [9.17, 15) is 8.42 Å². The van der Waals surface area contributed by atoms with Gasteiger partial charge in [0, 0.05) is 25.8 Å². The summed E-state index contributed by atoms with van der Waals surface area (Å²) in [7, 11) is -3.49. The zero-order chi connectivity index (χ0) is 14.4. The van der Waals surface area contributed by atoms with Crippen molar-refractivity contribution < 1.29 is 8.42 Å². The normalized spacial score (nSPS) is 18.2. The highest BCUT2D eigenvalue weighted by Crippen LogP contribution is 2.24. The molecule has 2 rings (SSSR count). The number of anilines is 1. The standard InChI is InChI=1S/C14H23N3O2S/c1-2-15-13-9-8-10-16-14(13)20(18,19)17-11-6-4-3-5-7-12-17/h8-10,15H,2-7,11-12H2,1H3. The van der Waals surface area contributed by atoms with E-state index in [0.717, 1.165) is 25.7 Å². The lowest BCUT2D eigenvalue weighted by Gasteiger charge is -2.24. The quantitative estimate of drug-likeness (QED) is 0.927. The number of hydrogen-bond donors (Lipinski definition) is 1. The van der Waals surface area contributed by atoms with E-state index in [1.165, 1.54) is 12.6 Å². The number of sulfonamides is 1. The summed E-state index contributed by atoms with van der Waals surface area (Å²) in [6.07, 6.45) is 6.83. The zero-order valence-electron chi connectivity index (χ0n) is 12.0. The minimum Gasteiger partial charge on any atom is -0.383 e. The number of pyridine rings is 1. The average Bonchev–Trinajstić information content (AvgIpc) is 2.38. The average molecular weight is 297 g/mol. The van der Waals surface area contributed by atoms with E-state index in [1.807, 2.05) is 6.92 Å². The maximum atomic E-state index is 12.8. The summed E-state index contributed by atoms with van der Waals surface area (Å²) in [6, 6.07) is 3.53. The summed E-state index contributed by atoms with van der Waals surface area (Å²) in [4.78, 5) is 4.11. The smallest absolute Gasteiger partial charge is 0.262 e. The van der Waals surface area contributed by atoms with Crippen LogP contribution in [0.15, 0.2) is 23.4 Å². The van der Waals surface area contributed by atoms with Gasteiger partial charge in [-0.25, -0.2) is 13.4 Å². The molecule has 6 heteroatoms. The monoisotopic (exact) mass is 297 g/mol. The summed E-state index contributed by atoms with van der Waals surface area (Å²) >= 11 is 0. The van der Waals surface area contributed by atoms with E-state index < -0.39 is 10.0 Å². The Bertz CT molecular complexity index is 523. The van der Waals surface area contributed by atoms with Crippen LogP contribution in [0.25, 0.3) is 0 Å². The number of nitrogens with zero attached hydrogens (tertiary/aromatic N) is 2. The summed E-state index contributed by atoms with van der Waals surface area (Å²) in [6.45, 7) is 3.82. The zero-order valence-corrected chi connectivity index (χ0v) is 12.8. The summed E-state index contributed by atoms with van der Waals surface area (Å²) in [5.41, 5.74) is 0.594. The van der Waals surface area contributed by atoms with Crippen LogP contribution in [-0.2, 0) is 10.0 Å². The van der Waals surface area contributed by atoms with Crippen LogP contribution in [0.4, 0.5) is 5.69 Å². The van der Waals surface area contributed by atoms with Crippen LogP contribution in [0.2, 0.25) is 0 Å². The Morgan fingerprint density at radius 3 is 2.50 bits per heavy atom. The molecule has 112 valence electrons. The van der Waals surface area contributed by atoms with Crippen molar-refractivity contribution in [2.75, 3.05) is 25.0 Å². The third kappa shape index (κ3) is 3.49.